The average molecular weight is 312 g/mol. The zero-order chi connectivity index (χ0) is 16.5. The molecule has 0 radical (unpaired) electrons. The van der Waals surface area contributed by atoms with Gasteiger partial charge in [0.15, 0.2) is 0 Å². The number of hydrogen-bond acceptors (Lipinski definition) is 3. The third-order valence-corrected chi connectivity index (χ3v) is 3.64. The van der Waals surface area contributed by atoms with Crippen molar-refractivity contribution in [1.29, 1.82) is 0 Å². The van der Waals surface area contributed by atoms with Crippen molar-refractivity contribution >= 4 is 5.91 Å². The lowest BCUT2D eigenvalue weighted by Gasteiger charge is -2.11. The van der Waals surface area contributed by atoms with E-state index in [1.54, 1.807) is 0 Å². The molecule has 0 aliphatic heterocycles. The Hall–Kier alpha value is -2.17. The number of hydrogen-bond donors (Lipinski definition) is 2. The predicted octanol–water partition coefficient (Wildman–Crippen LogP) is 2.61. The van der Waals surface area contributed by atoms with Crippen LogP contribution in [0.1, 0.15) is 23.6 Å². The van der Waals surface area contributed by atoms with Crippen molar-refractivity contribution in [3.8, 4) is 0 Å². The molecule has 0 fully saturated rings. The Morgan fingerprint density at radius 2 is 1.70 bits per heavy atom. The molecule has 3 N–H and O–H groups in total. The summed E-state index contributed by atoms with van der Waals surface area (Å²) in [6, 6.07) is 18.1. The van der Waals surface area contributed by atoms with E-state index in [9.17, 15) is 4.79 Å². The number of carbonyl (C=O) groups is 1. The van der Waals surface area contributed by atoms with E-state index < -0.39 is 0 Å². The van der Waals surface area contributed by atoms with Gasteiger partial charge in [0.05, 0.1) is 13.2 Å². The van der Waals surface area contributed by atoms with E-state index in [0.717, 1.165) is 16.7 Å². The molecule has 0 heterocycles. The number of amides is 1. The molecule has 0 spiro atoms. The van der Waals surface area contributed by atoms with Crippen molar-refractivity contribution in [2.24, 2.45) is 11.7 Å². The maximum atomic E-state index is 11.7. The highest BCUT2D eigenvalue weighted by Gasteiger charge is 2.09. The van der Waals surface area contributed by atoms with Crippen LogP contribution in [0, 0.1) is 5.92 Å². The van der Waals surface area contributed by atoms with Gasteiger partial charge in [0.2, 0.25) is 5.91 Å². The Kier molecular flexibility index (Phi) is 6.78. The Morgan fingerprint density at radius 1 is 1.04 bits per heavy atom. The second-order valence-corrected chi connectivity index (χ2v) is 5.65. The Morgan fingerprint density at radius 3 is 2.43 bits per heavy atom. The third-order valence-electron chi connectivity index (χ3n) is 3.64. The number of rotatable bonds is 8. The van der Waals surface area contributed by atoms with Crippen molar-refractivity contribution in [3.05, 3.63) is 71.3 Å². The van der Waals surface area contributed by atoms with Crippen molar-refractivity contribution in [2.75, 3.05) is 6.54 Å². The van der Waals surface area contributed by atoms with Gasteiger partial charge in [-0.15, -0.1) is 0 Å². The Bertz CT molecular complexity index is 614. The van der Waals surface area contributed by atoms with Gasteiger partial charge in [-0.1, -0.05) is 61.5 Å². The summed E-state index contributed by atoms with van der Waals surface area (Å²) >= 11 is 0. The summed E-state index contributed by atoms with van der Waals surface area (Å²) in [4.78, 5) is 11.7. The van der Waals surface area contributed by atoms with Gasteiger partial charge in [-0.25, -0.2) is 0 Å². The number of ether oxygens (including phenoxy) is 1. The fraction of sp³-hybridized carbons (Fsp3) is 0.316. The standard InChI is InChI=1S/C19H24N2O2/c1-15(11-20)19(22)21-12-17-8-5-9-18(10-17)14-23-13-16-6-3-2-4-7-16/h2-10,15H,11-14,20H2,1H3,(H,21,22). The summed E-state index contributed by atoms with van der Waals surface area (Å²) in [5, 5.41) is 2.90. The molecule has 0 aliphatic rings. The van der Waals surface area contributed by atoms with E-state index in [0.29, 0.717) is 26.3 Å². The van der Waals surface area contributed by atoms with Crippen molar-refractivity contribution in [1.82, 2.24) is 5.32 Å². The predicted molar refractivity (Wildman–Crippen MR) is 91.4 cm³/mol. The van der Waals surface area contributed by atoms with Crippen molar-refractivity contribution in [2.45, 2.75) is 26.7 Å². The largest absolute Gasteiger partial charge is 0.372 e. The number of carbonyl (C=O) groups excluding carboxylic acids is 1. The first-order valence-electron chi connectivity index (χ1n) is 7.86. The fourth-order valence-electron chi connectivity index (χ4n) is 2.16. The summed E-state index contributed by atoms with van der Waals surface area (Å²) in [6.07, 6.45) is 0. The molecule has 122 valence electrons. The zero-order valence-electron chi connectivity index (χ0n) is 13.5. The van der Waals surface area contributed by atoms with Gasteiger partial charge >= 0.3 is 0 Å². The van der Waals surface area contributed by atoms with Crippen LogP contribution < -0.4 is 11.1 Å². The second-order valence-electron chi connectivity index (χ2n) is 5.65. The number of nitrogens with one attached hydrogen (secondary N) is 1. The summed E-state index contributed by atoms with van der Waals surface area (Å²) in [6.45, 7) is 3.84. The monoisotopic (exact) mass is 312 g/mol. The third kappa shape index (κ3) is 5.85. The highest BCUT2D eigenvalue weighted by atomic mass is 16.5. The van der Waals surface area contributed by atoms with Crippen LogP contribution in [0.5, 0.6) is 0 Å². The first-order chi connectivity index (χ1) is 11.2. The molecule has 0 aliphatic carbocycles. The molecule has 2 rings (SSSR count). The normalized spacial score (nSPS) is 11.9. The van der Waals surface area contributed by atoms with E-state index in [2.05, 4.69) is 11.4 Å². The summed E-state index contributed by atoms with van der Waals surface area (Å²) < 4.78 is 5.74. The summed E-state index contributed by atoms with van der Waals surface area (Å²) in [5.41, 5.74) is 8.81. The average Bonchev–Trinajstić information content (AvgIpc) is 2.60. The zero-order valence-corrected chi connectivity index (χ0v) is 13.5. The fourth-order valence-corrected chi connectivity index (χ4v) is 2.16. The molecule has 1 amide bonds. The lowest BCUT2D eigenvalue weighted by Crippen LogP contribution is -2.32. The van der Waals surface area contributed by atoms with Crippen LogP contribution in [0.2, 0.25) is 0 Å². The van der Waals surface area contributed by atoms with Gasteiger partial charge in [-0.05, 0) is 16.7 Å². The van der Waals surface area contributed by atoms with Gasteiger partial charge in [0.25, 0.3) is 0 Å². The molecule has 0 bridgehead atoms. The number of nitrogens with two attached hydrogens (primary N) is 1. The molecule has 2 aromatic carbocycles. The van der Waals surface area contributed by atoms with Crippen LogP contribution in [0.25, 0.3) is 0 Å². The van der Waals surface area contributed by atoms with E-state index in [-0.39, 0.29) is 11.8 Å². The molecule has 1 atom stereocenters. The molecule has 0 saturated carbocycles. The number of benzene rings is 2. The SMILES string of the molecule is CC(CN)C(=O)NCc1cccc(COCc2ccccc2)c1. The van der Waals surface area contributed by atoms with E-state index in [1.807, 2.05) is 55.5 Å². The Balaban J connectivity index is 1.81. The van der Waals surface area contributed by atoms with Crippen LogP contribution in [-0.2, 0) is 29.3 Å². The van der Waals surface area contributed by atoms with Crippen LogP contribution in [-0.4, -0.2) is 12.5 Å². The molecule has 2 aromatic rings. The minimum absolute atomic E-state index is 0.0155. The highest BCUT2D eigenvalue weighted by molar-refractivity contribution is 5.78. The summed E-state index contributed by atoms with van der Waals surface area (Å²) in [5.74, 6) is -0.175. The molecule has 23 heavy (non-hydrogen) atoms. The van der Waals surface area contributed by atoms with Crippen LogP contribution in [0.4, 0.5) is 0 Å². The van der Waals surface area contributed by atoms with Gasteiger partial charge in [-0.2, -0.15) is 0 Å². The van der Waals surface area contributed by atoms with Crippen LogP contribution in [0.15, 0.2) is 54.6 Å². The first-order valence-corrected chi connectivity index (χ1v) is 7.86. The molecule has 0 aromatic heterocycles. The molecule has 4 heteroatoms. The lowest BCUT2D eigenvalue weighted by atomic mass is 10.1. The molecular formula is C19H24N2O2. The van der Waals surface area contributed by atoms with E-state index >= 15 is 0 Å². The van der Waals surface area contributed by atoms with Gasteiger partial charge in [-0.3, -0.25) is 4.79 Å². The van der Waals surface area contributed by atoms with Crippen molar-refractivity contribution < 1.29 is 9.53 Å². The molecule has 1 unspecified atom stereocenters. The molecule has 0 saturated heterocycles. The van der Waals surface area contributed by atoms with Gasteiger partial charge in [0.1, 0.15) is 0 Å². The summed E-state index contributed by atoms with van der Waals surface area (Å²) in [7, 11) is 0. The van der Waals surface area contributed by atoms with Crippen LogP contribution in [0.3, 0.4) is 0 Å². The quantitative estimate of drug-likeness (QED) is 0.787. The van der Waals surface area contributed by atoms with Gasteiger partial charge < -0.3 is 15.8 Å². The smallest absolute Gasteiger partial charge is 0.224 e. The maximum Gasteiger partial charge on any atom is 0.224 e. The molecular weight excluding hydrogens is 288 g/mol. The highest BCUT2D eigenvalue weighted by Crippen LogP contribution is 2.09. The molecule has 4 nitrogen and oxygen atoms in total. The Labute approximate surface area is 137 Å². The van der Waals surface area contributed by atoms with E-state index in [4.69, 9.17) is 10.5 Å². The maximum absolute atomic E-state index is 11.7. The first kappa shape index (κ1) is 17.2. The topological polar surface area (TPSA) is 64.4 Å². The minimum Gasteiger partial charge on any atom is -0.372 e. The lowest BCUT2D eigenvalue weighted by molar-refractivity contribution is -0.124. The second kappa shape index (κ2) is 9.08. The van der Waals surface area contributed by atoms with Gasteiger partial charge in [0, 0.05) is 19.0 Å². The van der Waals surface area contributed by atoms with Crippen LogP contribution >= 0.6 is 0 Å². The minimum atomic E-state index is -0.160. The van der Waals surface area contributed by atoms with E-state index in [1.165, 1.54) is 0 Å². The van der Waals surface area contributed by atoms with Crippen molar-refractivity contribution in [3.63, 3.8) is 0 Å².